The van der Waals surface area contributed by atoms with E-state index in [0.29, 0.717) is 17.2 Å². The van der Waals surface area contributed by atoms with Gasteiger partial charge in [-0.1, -0.05) is 26.8 Å². The maximum atomic E-state index is 14.5. The monoisotopic (exact) mass is 521 g/mol. The Balaban J connectivity index is 1.60. The molecule has 3 aromatic heterocycles. The van der Waals surface area contributed by atoms with Crippen molar-refractivity contribution in [3.63, 3.8) is 0 Å². The summed E-state index contributed by atoms with van der Waals surface area (Å²) in [6, 6.07) is 7.30. The van der Waals surface area contributed by atoms with E-state index >= 15 is 0 Å². The van der Waals surface area contributed by atoms with E-state index in [1.165, 1.54) is 29.2 Å². The highest BCUT2D eigenvalue weighted by Gasteiger charge is 2.52. The van der Waals surface area contributed by atoms with Crippen LogP contribution in [0.15, 0.2) is 42.9 Å². The first kappa shape index (κ1) is 25.9. The van der Waals surface area contributed by atoms with Crippen LogP contribution in [0.2, 0.25) is 0 Å². The average molecular weight is 522 g/mol. The zero-order chi connectivity index (χ0) is 27.2. The average Bonchev–Trinajstić information content (AvgIpc) is 3.35. The second-order valence-corrected chi connectivity index (χ2v) is 10.6. The summed E-state index contributed by atoms with van der Waals surface area (Å²) in [6.45, 7) is 8.02. The Morgan fingerprint density at radius 3 is 2.55 bits per heavy atom. The summed E-state index contributed by atoms with van der Waals surface area (Å²) >= 11 is 0. The van der Waals surface area contributed by atoms with E-state index in [2.05, 4.69) is 46.0 Å². The predicted octanol–water partition coefficient (Wildman–Crippen LogP) is 3.53. The van der Waals surface area contributed by atoms with E-state index in [0.717, 1.165) is 12.0 Å². The van der Waals surface area contributed by atoms with Gasteiger partial charge in [0, 0.05) is 12.6 Å². The highest BCUT2D eigenvalue weighted by molar-refractivity contribution is 5.62. The summed E-state index contributed by atoms with van der Waals surface area (Å²) in [4.78, 5) is 13.4. The Morgan fingerprint density at radius 1 is 1.11 bits per heavy atom. The Bertz CT molecular complexity index is 1470. The lowest BCUT2D eigenvalue weighted by Gasteiger charge is -2.49. The number of hydrogen-bond acceptors (Lipinski definition) is 8. The maximum absolute atomic E-state index is 14.5. The molecule has 0 amide bonds. The molecule has 0 spiro atoms. The molecule has 0 radical (unpaired) electrons. The highest BCUT2D eigenvalue weighted by Crippen LogP contribution is 2.56. The van der Waals surface area contributed by atoms with E-state index < -0.39 is 29.8 Å². The lowest BCUT2D eigenvalue weighted by molar-refractivity contribution is 0.0939. The van der Waals surface area contributed by atoms with Crippen molar-refractivity contribution < 1.29 is 19.0 Å². The number of aliphatic hydroxyl groups is 2. The number of fused-ring (bicyclic) bond motifs is 1. The van der Waals surface area contributed by atoms with Crippen molar-refractivity contribution in [2.75, 3.05) is 6.61 Å². The number of hydrogen-bond donors (Lipinski definition) is 2. The molecule has 198 valence electrons. The topological polar surface area (TPSA) is 123 Å². The summed E-state index contributed by atoms with van der Waals surface area (Å²) in [7, 11) is 0. The first-order valence-electron chi connectivity index (χ1n) is 12.4. The van der Waals surface area contributed by atoms with Crippen LogP contribution >= 0.6 is 0 Å². The van der Waals surface area contributed by atoms with Crippen LogP contribution in [0.5, 0.6) is 0 Å². The third kappa shape index (κ3) is 4.25. The molecule has 3 heterocycles. The Hall–Kier alpha value is -3.70. The van der Waals surface area contributed by atoms with Crippen LogP contribution in [0.25, 0.3) is 17.2 Å². The zero-order valence-corrected chi connectivity index (χ0v) is 21.6. The van der Waals surface area contributed by atoms with Crippen LogP contribution in [0.1, 0.15) is 62.8 Å². The van der Waals surface area contributed by atoms with Gasteiger partial charge < -0.3 is 10.2 Å². The summed E-state index contributed by atoms with van der Waals surface area (Å²) in [5.41, 5.74) is 1.16. The highest BCUT2D eigenvalue weighted by atomic mass is 19.1. The maximum Gasteiger partial charge on any atom is 0.252 e. The van der Waals surface area contributed by atoms with Gasteiger partial charge >= 0.3 is 0 Å². The third-order valence-electron chi connectivity index (χ3n) is 7.75. The van der Waals surface area contributed by atoms with E-state index in [9.17, 15) is 13.9 Å². The van der Waals surface area contributed by atoms with E-state index in [1.54, 1.807) is 12.3 Å². The number of nitrogens with zero attached hydrogens (tertiary/aromatic N) is 7. The van der Waals surface area contributed by atoms with Gasteiger partial charge in [-0.25, -0.2) is 23.7 Å². The molecule has 5 rings (SSSR count). The van der Waals surface area contributed by atoms with Crippen LogP contribution < -0.4 is 0 Å². The minimum absolute atomic E-state index is 0.0642. The van der Waals surface area contributed by atoms with Gasteiger partial charge in [0.1, 0.15) is 18.0 Å². The summed E-state index contributed by atoms with van der Waals surface area (Å²) < 4.78 is 30.5. The van der Waals surface area contributed by atoms with Crippen LogP contribution in [-0.4, -0.2) is 57.9 Å². The molecule has 4 aromatic rings. The second-order valence-electron chi connectivity index (χ2n) is 10.6. The van der Waals surface area contributed by atoms with Gasteiger partial charge in [-0.3, -0.25) is 0 Å². The predicted molar refractivity (Wildman–Crippen MR) is 134 cm³/mol. The lowest BCUT2D eigenvalue weighted by atomic mass is 9.54. The second kappa shape index (κ2) is 9.55. The molecule has 0 bridgehead atoms. The van der Waals surface area contributed by atoms with E-state index in [1.807, 2.05) is 13.0 Å². The quantitative estimate of drug-likeness (QED) is 0.395. The molecule has 0 unspecified atom stereocenters. The van der Waals surface area contributed by atoms with Gasteiger partial charge in [0.25, 0.3) is 5.95 Å². The van der Waals surface area contributed by atoms with E-state index in [4.69, 9.17) is 10.1 Å². The van der Waals surface area contributed by atoms with Gasteiger partial charge in [0.15, 0.2) is 5.82 Å². The number of aromatic nitrogens is 7. The van der Waals surface area contributed by atoms with Crippen LogP contribution in [0.4, 0.5) is 8.78 Å². The molecule has 2 N–H and O–H groups in total. The number of benzene rings is 1. The minimum atomic E-state index is -0.958. The fourth-order valence-corrected chi connectivity index (χ4v) is 5.40. The molecule has 1 aliphatic carbocycles. The van der Waals surface area contributed by atoms with Crippen LogP contribution in [-0.2, 0) is 11.8 Å². The molecule has 0 saturated heterocycles. The van der Waals surface area contributed by atoms with Crippen LogP contribution in [0, 0.1) is 17.0 Å². The normalized spacial score (nSPS) is 21.2. The SMILES string of the molecule is C[C@@H]1CC(C)(C)[C@@](C)(c2ccnc(-n3cnc(C[C@@H](O)CO)n3)n2)c2nnc(-c3c(F)cccc3F)cc21. The molecular weight excluding hydrogens is 492 g/mol. The van der Waals surface area contributed by atoms with Crippen molar-refractivity contribution in [3.8, 4) is 17.2 Å². The third-order valence-corrected chi connectivity index (χ3v) is 7.75. The molecule has 1 aromatic carbocycles. The summed E-state index contributed by atoms with van der Waals surface area (Å²) in [6.07, 6.45) is 3.00. The zero-order valence-electron chi connectivity index (χ0n) is 21.6. The molecular formula is C27H29F2N7O2. The molecule has 3 atom stereocenters. The Labute approximate surface area is 218 Å². The first-order chi connectivity index (χ1) is 18.0. The van der Waals surface area contributed by atoms with Crippen molar-refractivity contribution in [2.24, 2.45) is 5.41 Å². The number of rotatable bonds is 6. The summed E-state index contributed by atoms with van der Waals surface area (Å²) in [5.74, 6) is -0.679. The van der Waals surface area contributed by atoms with Crippen molar-refractivity contribution in [1.82, 2.24) is 34.9 Å². The summed E-state index contributed by atoms with van der Waals surface area (Å²) in [5, 5.41) is 32.0. The van der Waals surface area contributed by atoms with Crippen molar-refractivity contribution in [1.29, 1.82) is 0 Å². The number of halogens is 2. The Kier molecular flexibility index (Phi) is 6.52. The minimum Gasteiger partial charge on any atom is -0.394 e. The van der Waals surface area contributed by atoms with Crippen molar-refractivity contribution in [3.05, 3.63) is 77.3 Å². The lowest BCUT2D eigenvalue weighted by Crippen LogP contribution is -2.47. The Morgan fingerprint density at radius 2 is 1.84 bits per heavy atom. The molecule has 0 aliphatic heterocycles. The van der Waals surface area contributed by atoms with Gasteiger partial charge in [-0.2, -0.15) is 9.78 Å². The molecule has 0 saturated carbocycles. The number of aliphatic hydroxyl groups excluding tert-OH is 2. The fraction of sp³-hybridized carbons (Fsp3) is 0.407. The van der Waals surface area contributed by atoms with Crippen LogP contribution in [0.3, 0.4) is 0 Å². The smallest absolute Gasteiger partial charge is 0.252 e. The van der Waals surface area contributed by atoms with Gasteiger partial charge in [0.2, 0.25) is 0 Å². The largest absolute Gasteiger partial charge is 0.394 e. The first-order valence-corrected chi connectivity index (χ1v) is 12.4. The van der Waals surface area contributed by atoms with Crippen molar-refractivity contribution in [2.45, 2.75) is 58.0 Å². The molecule has 0 fully saturated rings. The fourth-order valence-electron chi connectivity index (χ4n) is 5.40. The van der Waals surface area contributed by atoms with Gasteiger partial charge in [-0.15, -0.1) is 10.2 Å². The molecule has 9 nitrogen and oxygen atoms in total. The van der Waals surface area contributed by atoms with Gasteiger partial charge in [0.05, 0.1) is 40.8 Å². The molecule has 38 heavy (non-hydrogen) atoms. The molecule has 1 aliphatic rings. The van der Waals surface area contributed by atoms with Crippen molar-refractivity contribution >= 4 is 0 Å². The molecule has 11 heteroatoms. The van der Waals surface area contributed by atoms with E-state index in [-0.39, 0.29) is 35.0 Å². The van der Waals surface area contributed by atoms with Gasteiger partial charge in [-0.05, 0) is 54.5 Å². The standard InChI is InChI=1S/C27H29F2N7O2/c1-15-12-26(2,3)27(4,24-17(15)11-20(33-34-24)23-18(28)6-5-7-19(23)29)21-8-9-30-25(32-21)36-14-31-22(35-36)10-16(38)13-37/h5-9,11,14-16,37-38H,10,12-13H2,1-4H3/t15-,16-,27+/m1/s1.